The van der Waals surface area contributed by atoms with E-state index in [4.69, 9.17) is 16.3 Å². The van der Waals surface area contributed by atoms with Gasteiger partial charge in [0.1, 0.15) is 11.9 Å². The largest absolute Gasteiger partial charge is 0.370 e. The summed E-state index contributed by atoms with van der Waals surface area (Å²) in [6, 6.07) is 11.4. The van der Waals surface area contributed by atoms with Gasteiger partial charge in [-0.2, -0.15) is 0 Å². The van der Waals surface area contributed by atoms with E-state index in [1.807, 2.05) is 44.2 Å². The molecule has 1 aliphatic rings. The third-order valence-electron chi connectivity index (χ3n) is 4.06. The predicted octanol–water partition coefficient (Wildman–Crippen LogP) is 3.45. The molecule has 0 bridgehead atoms. The smallest absolute Gasteiger partial charge is 0.251 e. The Bertz CT molecular complexity index is 734. The van der Waals surface area contributed by atoms with Gasteiger partial charge in [-0.1, -0.05) is 23.7 Å². The lowest BCUT2D eigenvalue weighted by Crippen LogP contribution is -2.39. The number of hydrogen-bond acceptors (Lipinski definition) is 4. The number of ether oxygens (including phenoxy) is 1. The first-order valence-electron chi connectivity index (χ1n) is 8.42. The van der Waals surface area contributed by atoms with Crippen molar-refractivity contribution in [1.29, 1.82) is 0 Å². The van der Waals surface area contributed by atoms with Crippen molar-refractivity contribution in [2.24, 2.45) is 0 Å². The summed E-state index contributed by atoms with van der Waals surface area (Å²) < 4.78 is 5.89. The average Bonchev–Trinajstić information content (AvgIpc) is 2.62. The van der Waals surface area contributed by atoms with Crippen LogP contribution in [0.5, 0.6) is 0 Å². The lowest BCUT2D eigenvalue weighted by atomic mass is 10.1. The number of carbonyl (C=O) groups excluding carboxylic acids is 1. The molecular weight excluding hydrogens is 338 g/mol. The summed E-state index contributed by atoms with van der Waals surface area (Å²) in [4.78, 5) is 18.8. The van der Waals surface area contributed by atoms with Crippen LogP contribution >= 0.6 is 11.6 Å². The minimum absolute atomic E-state index is 0.0408. The summed E-state index contributed by atoms with van der Waals surface area (Å²) in [6.45, 7) is 5.92. The van der Waals surface area contributed by atoms with Gasteiger partial charge in [-0.05, 0) is 43.7 Å². The van der Waals surface area contributed by atoms with Gasteiger partial charge < -0.3 is 15.0 Å². The molecule has 25 heavy (non-hydrogen) atoms. The Morgan fingerprint density at radius 1 is 1.32 bits per heavy atom. The quantitative estimate of drug-likeness (QED) is 0.908. The first-order valence-corrected chi connectivity index (χ1v) is 8.79. The molecule has 1 aliphatic heterocycles. The van der Waals surface area contributed by atoms with E-state index < -0.39 is 0 Å². The van der Waals surface area contributed by atoms with Gasteiger partial charge in [0, 0.05) is 35.9 Å². The van der Waals surface area contributed by atoms with Crippen LogP contribution in [0.4, 0.5) is 5.82 Å². The highest BCUT2D eigenvalue weighted by atomic mass is 35.5. The van der Waals surface area contributed by atoms with E-state index in [2.05, 4.69) is 15.2 Å². The number of anilines is 1. The number of nitrogens with zero attached hydrogens (tertiary/aromatic N) is 2. The second-order valence-electron chi connectivity index (χ2n) is 6.39. The molecule has 5 nitrogen and oxygen atoms in total. The molecule has 0 radical (unpaired) electrons. The highest BCUT2D eigenvalue weighted by Crippen LogP contribution is 2.26. The molecule has 0 spiro atoms. The number of nitrogens with one attached hydrogen (secondary N) is 1. The SMILES string of the molecule is CC(C)NC(=O)c1ccnc(N2CCOC(c3ccc(Cl)cc3)C2)c1. The van der Waals surface area contributed by atoms with Crippen molar-refractivity contribution < 1.29 is 9.53 Å². The van der Waals surface area contributed by atoms with E-state index in [0.29, 0.717) is 23.7 Å². The second kappa shape index (κ2) is 7.85. The van der Waals surface area contributed by atoms with Crippen LogP contribution in [0.1, 0.15) is 35.9 Å². The number of rotatable bonds is 4. The van der Waals surface area contributed by atoms with Gasteiger partial charge in [-0.25, -0.2) is 4.98 Å². The summed E-state index contributed by atoms with van der Waals surface area (Å²) in [6.07, 6.45) is 1.64. The molecule has 0 aliphatic carbocycles. The van der Waals surface area contributed by atoms with Gasteiger partial charge in [-0.15, -0.1) is 0 Å². The number of amides is 1. The van der Waals surface area contributed by atoms with Crippen LogP contribution in [0.2, 0.25) is 5.02 Å². The Kier molecular flexibility index (Phi) is 5.56. The monoisotopic (exact) mass is 359 g/mol. The maximum Gasteiger partial charge on any atom is 0.251 e. The third kappa shape index (κ3) is 4.50. The van der Waals surface area contributed by atoms with E-state index >= 15 is 0 Å². The van der Waals surface area contributed by atoms with E-state index in [1.54, 1.807) is 12.3 Å². The fourth-order valence-electron chi connectivity index (χ4n) is 2.81. The molecule has 6 heteroatoms. The molecule has 3 rings (SSSR count). The van der Waals surface area contributed by atoms with Crippen LogP contribution in [0.3, 0.4) is 0 Å². The molecule has 132 valence electrons. The van der Waals surface area contributed by atoms with E-state index in [9.17, 15) is 4.79 Å². The van der Waals surface area contributed by atoms with Crippen LogP contribution < -0.4 is 10.2 Å². The van der Waals surface area contributed by atoms with Crippen molar-refractivity contribution in [1.82, 2.24) is 10.3 Å². The van der Waals surface area contributed by atoms with Gasteiger partial charge in [0.15, 0.2) is 0 Å². The van der Waals surface area contributed by atoms with Gasteiger partial charge in [0.05, 0.1) is 6.61 Å². The maximum atomic E-state index is 12.2. The summed E-state index contributed by atoms with van der Waals surface area (Å²) >= 11 is 5.96. The van der Waals surface area contributed by atoms with E-state index in [0.717, 1.165) is 17.9 Å². The van der Waals surface area contributed by atoms with Crippen molar-refractivity contribution in [3.8, 4) is 0 Å². The van der Waals surface area contributed by atoms with Crippen LogP contribution in [-0.4, -0.2) is 36.6 Å². The Morgan fingerprint density at radius 2 is 2.08 bits per heavy atom. The number of hydrogen-bond donors (Lipinski definition) is 1. The maximum absolute atomic E-state index is 12.2. The highest BCUT2D eigenvalue weighted by molar-refractivity contribution is 6.30. The van der Waals surface area contributed by atoms with Gasteiger partial charge in [0.2, 0.25) is 0 Å². The minimum atomic E-state index is -0.0823. The summed E-state index contributed by atoms with van der Waals surface area (Å²) in [5.41, 5.74) is 1.70. The standard InChI is InChI=1S/C19H22ClN3O2/c1-13(2)22-19(24)15-7-8-21-18(11-15)23-9-10-25-17(12-23)14-3-5-16(20)6-4-14/h3-8,11,13,17H,9-10,12H2,1-2H3,(H,22,24). The van der Waals surface area contributed by atoms with Crippen molar-refractivity contribution in [2.75, 3.05) is 24.6 Å². The molecule has 1 atom stereocenters. The second-order valence-corrected chi connectivity index (χ2v) is 6.82. The molecule has 1 saturated heterocycles. The number of carbonyl (C=O) groups is 1. The van der Waals surface area contributed by atoms with E-state index in [-0.39, 0.29) is 18.1 Å². The Balaban J connectivity index is 1.75. The molecule has 0 saturated carbocycles. The fraction of sp³-hybridized carbons (Fsp3) is 0.368. The van der Waals surface area contributed by atoms with Crippen molar-refractivity contribution in [3.63, 3.8) is 0 Å². The number of pyridine rings is 1. The molecule has 1 amide bonds. The van der Waals surface area contributed by atoms with E-state index in [1.165, 1.54) is 0 Å². The molecule has 1 N–H and O–H groups in total. The van der Waals surface area contributed by atoms with Crippen molar-refractivity contribution >= 4 is 23.3 Å². The van der Waals surface area contributed by atoms with Crippen LogP contribution in [0.25, 0.3) is 0 Å². The first-order chi connectivity index (χ1) is 12.0. The fourth-order valence-corrected chi connectivity index (χ4v) is 2.94. The molecule has 1 unspecified atom stereocenters. The molecule has 2 heterocycles. The van der Waals surface area contributed by atoms with Crippen LogP contribution in [-0.2, 0) is 4.74 Å². The highest BCUT2D eigenvalue weighted by Gasteiger charge is 2.23. The number of morpholine rings is 1. The third-order valence-corrected chi connectivity index (χ3v) is 4.31. The first kappa shape index (κ1) is 17.7. The zero-order chi connectivity index (χ0) is 17.8. The molecule has 1 aromatic carbocycles. The minimum Gasteiger partial charge on any atom is -0.370 e. The number of benzene rings is 1. The summed E-state index contributed by atoms with van der Waals surface area (Å²) in [7, 11) is 0. The Morgan fingerprint density at radius 3 is 2.80 bits per heavy atom. The van der Waals surface area contributed by atoms with Gasteiger partial charge in [-0.3, -0.25) is 4.79 Å². The lowest BCUT2D eigenvalue weighted by Gasteiger charge is -2.34. The lowest BCUT2D eigenvalue weighted by molar-refractivity contribution is 0.0395. The Labute approximate surface area is 153 Å². The van der Waals surface area contributed by atoms with Crippen molar-refractivity contribution in [2.45, 2.75) is 26.0 Å². The molecule has 1 aromatic heterocycles. The van der Waals surface area contributed by atoms with Crippen molar-refractivity contribution in [3.05, 3.63) is 58.7 Å². The molecule has 1 fully saturated rings. The number of aromatic nitrogens is 1. The summed E-state index contributed by atoms with van der Waals surface area (Å²) in [5, 5.41) is 3.62. The Hall–Kier alpha value is -2.11. The van der Waals surface area contributed by atoms with Crippen LogP contribution in [0, 0.1) is 0 Å². The summed E-state index contributed by atoms with van der Waals surface area (Å²) in [5.74, 6) is 0.708. The zero-order valence-electron chi connectivity index (χ0n) is 14.4. The average molecular weight is 360 g/mol. The molecular formula is C19H22ClN3O2. The van der Waals surface area contributed by atoms with Gasteiger partial charge in [0.25, 0.3) is 5.91 Å². The number of halogens is 1. The molecule has 2 aromatic rings. The normalized spacial score (nSPS) is 17.6. The van der Waals surface area contributed by atoms with Gasteiger partial charge >= 0.3 is 0 Å². The van der Waals surface area contributed by atoms with Crippen LogP contribution in [0.15, 0.2) is 42.6 Å². The zero-order valence-corrected chi connectivity index (χ0v) is 15.2. The predicted molar refractivity (Wildman–Crippen MR) is 99.2 cm³/mol. The topological polar surface area (TPSA) is 54.5 Å².